The number of hydrogen-bond donors (Lipinski definition) is 0. The molecular formula is C21H31Cl4N3O4S. The minimum atomic E-state index is -3.56. The zero-order chi connectivity index (χ0) is 20.9. The van der Waals surface area contributed by atoms with E-state index in [9.17, 15) is 13.2 Å². The van der Waals surface area contributed by atoms with Crippen LogP contribution in [0.25, 0.3) is 0 Å². The molecule has 12 heteroatoms. The van der Waals surface area contributed by atoms with E-state index in [1.807, 2.05) is 18.2 Å². The molecule has 4 fully saturated rings. The van der Waals surface area contributed by atoms with E-state index in [0.717, 1.165) is 67.0 Å². The topological polar surface area (TPSA) is 70.2 Å². The highest BCUT2D eigenvalue weighted by Crippen LogP contribution is 2.48. The molecule has 0 spiro atoms. The van der Waals surface area contributed by atoms with Crippen molar-refractivity contribution in [2.24, 2.45) is 5.92 Å². The number of ether oxygens (including phenoxy) is 1. The number of benzene rings is 1. The molecule has 0 saturated carbocycles. The Morgan fingerprint density at radius 2 is 1.64 bits per heavy atom. The minimum Gasteiger partial charge on any atom is -0.373 e. The number of fused-ring (bicyclic) bond motifs is 5. The second-order valence-electron chi connectivity index (χ2n) is 8.75. The van der Waals surface area contributed by atoms with Crippen molar-refractivity contribution in [1.82, 2.24) is 9.21 Å². The number of amides is 1. The fourth-order valence-corrected chi connectivity index (χ4v) is 7.96. The Kier molecular flexibility index (Phi) is 10.0. The first-order chi connectivity index (χ1) is 14.4. The van der Waals surface area contributed by atoms with Gasteiger partial charge in [-0.2, -0.15) is 0 Å². The van der Waals surface area contributed by atoms with E-state index in [-0.39, 0.29) is 55.3 Å². The fourth-order valence-electron chi connectivity index (χ4n) is 5.48. The predicted molar refractivity (Wildman–Crippen MR) is 137 cm³/mol. The van der Waals surface area contributed by atoms with Gasteiger partial charge in [-0.3, -0.25) is 9.69 Å². The summed E-state index contributed by atoms with van der Waals surface area (Å²) in [4.78, 5) is 17.5. The smallest absolute Gasteiger partial charge is 0.243 e. The van der Waals surface area contributed by atoms with E-state index in [4.69, 9.17) is 16.3 Å². The normalized spacial score (nSPS) is 29.8. The molecule has 1 aromatic rings. The van der Waals surface area contributed by atoms with Crippen LogP contribution in [0.2, 0.25) is 5.02 Å². The lowest BCUT2D eigenvalue weighted by molar-refractivity contribution is -0.130. The van der Waals surface area contributed by atoms with Crippen molar-refractivity contribution < 1.29 is 17.9 Å². The maximum atomic E-state index is 12.9. The molecule has 33 heavy (non-hydrogen) atoms. The Morgan fingerprint density at radius 1 is 0.970 bits per heavy atom. The van der Waals surface area contributed by atoms with Crippen LogP contribution in [0.5, 0.6) is 0 Å². The number of hydrogen-bond acceptors (Lipinski definition) is 6. The second kappa shape index (κ2) is 11.5. The molecule has 1 aromatic carbocycles. The molecule has 1 amide bonds. The van der Waals surface area contributed by atoms with Crippen molar-refractivity contribution in [3.05, 3.63) is 29.3 Å². The van der Waals surface area contributed by atoms with Crippen molar-refractivity contribution in [1.29, 1.82) is 0 Å². The SMILES string of the molecule is Cl.Cl.Cl.O=C1C2C3CCC(O3)C2S(=O)(=O)N1CCCCN1CCN(c2cccc(Cl)c2)CC1. The summed E-state index contributed by atoms with van der Waals surface area (Å²) in [5.74, 6) is -0.698. The lowest BCUT2D eigenvalue weighted by Crippen LogP contribution is -2.46. The van der Waals surface area contributed by atoms with Gasteiger partial charge in [-0.15, -0.1) is 37.2 Å². The fraction of sp³-hybridized carbons (Fsp3) is 0.667. The van der Waals surface area contributed by atoms with E-state index in [2.05, 4.69) is 15.9 Å². The largest absolute Gasteiger partial charge is 0.373 e. The molecule has 188 valence electrons. The van der Waals surface area contributed by atoms with Crippen molar-refractivity contribution in [2.75, 3.05) is 44.2 Å². The van der Waals surface area contributed by atoms with Crippen molar-refractivity contribution in [3.8, 4) is 0 Å². The first-order valence-corrected chi connectivity index (χ1v) is 12.8. The lowest BCUT2D eigenvalue weighted by atomic mass is 9.88. The van der Waals surface area contributed by atoms with Gasteiger partial charge in [0.25, 0.3) is 0 Å². The van der Waals surface area contributed by atoms with Crippen LogP contribution < -0.4 is 4.90 Å². The highest BCUT2D eigenvalue weighted by atomic mass is 35.5. The lowest BCUT2D eigenvalue weighted by Gasteiger charge is -2.36. The minimum absolute atomic E-state index is 0. The van der Waals surface area contributed by atoms with Gasteiger partial charge in [0.2, 0.25) is 15.9 Å². The third-order valence-electron chi connectivity index (χ3n) is 7.02. The summed E-state index contributed by atoms with van der Waals surface area (Å²) in [7, 11) is -3.56. The summed E-state index contributed by atoms with van der Waals surface area (Å²) >= 11 is 6.10. The maximum absolute atomic E-state index is 12.9. The van der Waals surface area contributed by atoms with Gasteiger partial charge in [-0.25, -0.2) is 12.7 Å². The third kappa shape index (κ3) is 5.37. The summed E-state index contributed by atoms with van der Waals surface area (Å²) in [6, 6.07) is 7.94. The zero-order valence-electron chi connectivity index (χ0n) is 18.2. The van der Waals surface area contributed by atoms with Crippen LogP contribution in [-0.2, 0) is 19.6 Å². The Hall–Kier alpha value is -0.480. The quantitative estimate of drug-likeness (QED) is 0.496. The summed E-state index contributed by atoms with van der Waals surface area (Å²) in [5.41, 5.74) is 1.16. The molecule has 4 aliphatic rings. The van der Waals surface area contributed by atoms with Gasteiger partial charge in [-0.1, -0.05) is 17.7 Å². The van der Waals surface area contributed by atoms with Crippen molar-refractivity contribution in [3.63, 3.8) is 0 Å². The average molecular weight is 563 g/mol. The van der Waals surface area contributed by atoms with Crippen LogP contribution in [0.15, 0.2) is 24.3 Å². The molecule has 0 aliphatic carbocycles. The second-order valence-corrected chi connectivity index (χ2v) is 11.2. The highest BCUT2D eigenvalue weighted by molar-refractivity contribution is 7.90. The number of unbranched alkanes of at least 4 members (excludes halogenated alkanes) is 1. The van der Waals surface area contributed by atoms with E-state index < -0.39 is 21.2 Å². The summed E-state index contributed by atoms with van der Waals surface area (Å²) in [6.07, 6.45) is 2.68. The number of sulfonamides is 1. The van der Waals surface area contributed by atoms with Crippen LogP contribution in [-0.4, -0.2) is 80.3 Å². The molecule has 4 unspecified atom stereocenters. The van der Waals surface area contributed by atoms with E-state index in [0.29, 0.717) is 13.0 Å². The van der Waals surface area contributed by atoms with Gasteiger partial charge < -0.3 is 9.64 Å². The maximum Gasteiger partial charge on any atom is 0.243 e. The molecule has 4 atom stereocenters. The van der Waals surface area contributed by atoms with Crippen molar-refractivity contribution >= 4 is 70.4 Å². The van der Waals surface area contributed by atoms with Gasteiger partial charge in [0.15, 0.2) is 0 Å². The molecule has 0 radical (unpaired) electrons. The molecular weight excluding hydrogens is 532 g/mol. The van der Waals surface area contributed by atoms with Crippen LogP contribution in [0.1, 0.15) is 25.7 Å². The number of nitrogens with zero attached hydrogens (tertiary/aromatic N) is 3. The van der Waals surface area contributed by atoms with E-state index in [1.165, 1.54) is 0 Å². The Balaban J connectivity index is 0.00000128. The number of halogens is 4. The standard InChI is InChI=1S/C21H28ClN3O4S.3ClH/c22-15-4-3-5-16(14-15)24-12-10-23(11-13-24)8-1-2-9-25-21(26)19-17-6-7-18(29-17)20(19)30(25,27)28;;;/h3-5,14,17-20H,1-2,6-13H2;3*1H. The van der Waals surface area contributed by atoms with Gasteiger partial charge in [0.05, 0.1) is 18.1 Å². The van der Waals surface area contributed by atoms with Gasteiger partial charge in [0, 0.05) is 43.4 Å². The van der Waals surface area contributed by atoms with E-state index >= 15 is 0 Å². The van der Waals surface area contributed by atoms with Crippen molar-refractivity contribution in [2.45, 2.75) is 43.1 Å². The Morgan fingerprint density at radius 3 is 2.30 bits per heavy atom. The van der Waals surface area contributed by atoms with Gasteiger partial charge in [-0.05, 0) is 50.4 Å². The number of rotatable bonds is 6. The van der Waals surface area contributed by atoms with Gasteiger partial charge in [0.1, 0.15) is 5.25 Å². The third-order valence-corrected chi connectivity index (χ3v) is 9.52. The molecule has 4 aliphatic heterocycles. The molecule has 2 bridgehead atoms. The Bertz CT molecular complexity index is 930. The number of anilines is 1. The van der Waals surface area contributed by atoms with Gasteiger partial charge >= 0.3 is 0 Å². The van der Waals surface area contributed by atoms with Crippen LogP contribution >= 0.6 is 48.8 Å². The molecule has 5 rings (SSSR count). The molecule has 0 aromatic heterocycles. The Labute approximate surface area is 219 Å². The van der Waals surface area contributed by atoms with Crippen LogP contribution in [0, 0.1) is 5.92 Å². The number of carbonyl (C=O) groups is 1. The zero-order valence-corrected chi connectivity index (χ0v) is 22.2. The molecule has 0 N–H and O–H groups in total. The molecule has 4 saturated heterocycles. The molecule has 4 heterocycles. The summed E-state index contributed by atoms with van der Waals surface area (Å²) < 4.78 is 32.6. The molecule has 7 nitrogen and oxygen atoms in total. The number of piperazine rings is 1. The van der Waals surface area contributed by atoms with Crippen LogP contribution in [0.4, 0.5) is 5.69 Å². The highest BCUT2D eigenvalue weighted by Gasteiger charge is 2.65. The average Bonchev–Trinajstić information content (AvgIpc) is 3.40. The first kappa shape index (κ1) is 28.8. The monoisotopic (exact) mass is 561 g/mol. The number of carbonyl (C=O) groups excluding carboxylic acids is 1. The first-order valence-electron chi connectivity index (χ1n) is 10.9. The summed E-state index contributed by atoms with van der Waals surface area (Å²) in [6.45, 7) is 5.07. The summed E-state index contributed by atoms with van der Waals surface area (Å²) in [5, 5.41) is 0.119. The van der Waals surface area contributed by atoms with E-state index in [1.54, 1.807) is 0 Å². The predicted octanol–water partition coefficient (Wildman–Crippen LogP) is 3.23. The van der Waals surface area contributed by atoms with Crippen LogP contribution in [0.3, 0.4) is 0 Å².